The van der Waals surface area contributed by atoms with E-state index < -0.39 is 18.2 Å². The zero-order valence-electron chi connectivity index (χ0n) is 11.2. The third-order valence-corrected chi connectivity index (χ3v) is 3.76. The molecule has 22 heavy (non-hydrogen) atoms. The molecule has 0 saturated heterocycles. The Kier molecular flexibility index (Phi) is 3.60. The van der Waals surface area contributed by atoms with Gasteiger partial charge in [0, 0.05) is 17.0 Å². The summed E-state index contributed by atoms with van der Waals surface area (Å²) < 4.78 is 41.0. The first kappa shape index (κ1) is 14.9. The van der Waals surface area contributed by atoms with Gasteiger partial charge in [0.2, 0.25) is 0 Å². The van der Waals surface area contributed by atoms with E-state index in [0.29, 0.717) is 5.56 Å². The lowest BCUT2D eigenvalue weighted by Crippen LogP contribution is -2.42. The molecule has 0 amide bonds. The molecule has 3 rings (SSSR count). The summed E-state index contributed by atoms with van der Waals surface area (Å²) >= 11 is 5.82. The van der Waals surface area contributed by atoms with E-state index in [4.69, 9.17) is 16.4 Å². The SMILES string of the molecule is FC(F)(F)C1(c2cccc(Cl)c2)CC(c2cc[c]cc2)=NO1. The van der Waals surface area contributed by atoms with E-state index in [-0.39, 0.29) is 16.3 Å². The van der Waals surface area contributed by atoms with E-state index in [1.54, 1.807) is 24.3 Å². The molecule has 0 aliphatic carbocycles. The minimum Gasteiger partial charge on any atom is -0.374 e. The lowest BCUT2D eigenvalue weighted by atomic mass is 9.86. The number of benzene rings is 2. The summed E-state index contributed by atoms with van der Waals surface area (Å²) in [4.78, 5) is 4.91. The van der Waals surface area contributed by atoms with Gasteiger partial charge >= 0.3 is 6.18 Å². The Morgan fingerprint density at radius 2 is 1.91 bits per heavy atom. The highest BCUT2D eigenvalue weighted by Crippen LogP contribution is 2.49. The van der Waals surface area contributed by atoms with Crippen molar-refractivity contribution in [3.8, 4) is 0 Å². The van der Waals surface area contributed by atoms with Gasteiger partial charge in [-0.1, -0.05) is 53.2 Å². The third kappa shape index (κ3) is 2.46. The van der Waals surface area contributed by atoms with Crippen LogP contribution in [0.1, 0.15) is 17.5 Å². The van der Waals surface area contributed by atoms with E-state index in [1.165, 1.54) is 24.3 Å². The molecule has 0 saturated carbocycles. The highest BCUT2D eigenvalue weighted by Gasteiger charge is 2.62. The number of nitrogens with zero attached hydrogens (tertiary/aromatic N) is 1. The molecule has 0 bridgehead atoms. The van der Waals surface area contributed by atoms with E-state index >= 15 is 0 Å². The Hall–Kier alpha value is -2.01. The normalized spacial score (nSPS) is 21.4. The maximum Gasteiger partial charge on any atom is 0.435 e. The first-order chi connectivity index (χ1) is 10.4. The molecule has 2 aromatic rings. The Morgan fingerprint density at radius 1 is 1.18 bits per heavy atom. The molecule has 1 aliphatic heterocycles. The molecule has 1 heterocycles. The standard InChI is InChI=1S/C16H10ClF3NO/c17-13-8-4-7-12(9-13)15(16(18,19)20)10-14(21-22-15)11-5-2-1-3-6-11/h2-9H,10H2. The number of halogens is 4. The van der Waals surface area contributed by atoms with Crippen molar-refractivity contribution in [2.24, 2.45) is 5.16 Å². The first-order valence-electron chi connectivity index (χ1n) is 6.47. The Labute approximate surface area is 130 Å². The van der Waals surface area contributed by atoms with Gasteiger partial charge < -0.3 is 4.84 Å². The van der Waals surface area contributed by atoms with Crippen LogP contribution in [0, 0.1) is 6.07 Å². The van der Waals surface area contributed by atoms with Crippen LogP contribution in [0.4, 0.5) is 13.2 Å². The van der Waals surface area contributed by atoms with Crippen molar-refractivity contribution in [2.75, 3.05) is 0 Å². The van der Waals surface area contributed by atoms with E-state index in [9.17, 15) is 13.2 Å². The van der Waals surface area contributed by atoms with Gasteiger partial charge in [-0.15, -0.1) is 0 Å². The topological polar surface area (TPSA) is 21.6 Å². The molecule has 1 aliphatic rings. The van der Waals surface area contributed by atoms with Crippen molar-refractivity contribution in [3.05, 3.63) is 70.7 Å². The van der Waals surface area contributed by atoms with Crippen molar-refractivity contribution < 1.29 is 18.0 Å². The van der Waals surface area contributed by atoms with Crippen LogP contribution in [-0.4, -0.2) is 11.9 Å². The largest absolute Gasteiger partial charge is 0.435 e. The number of alkyl halides is 3. The van der Waals surface area contributed by atoms with Crippen molar-refractivity contribution in [3.63, 3.8) is 0 Å². The van der Waals surface area contributed by atoms with Crippen molar-refractivity contribution >= 4 is 17.3 Å². The summed E-state index contributed by atoms with van der Waals surface area (Å²) in [5.74, 6) is 0. The highest BCUT2D eigenvalue weighted by atomic mass is 35.5. The summed E-state index contributed by atoms with van der Waals surface area (Å²) in [6, 6.07) is 14.9. The average Bonchev–Trinajstić information content (AvgIpc) is 2.94. The number of hydrogen-bond acceptors (Lipinski definition) is 2. The monoisotopic (exact) mass is 324 g/mol. The van der Waals surface area contributed by atoms with Crippen molar-refractivity contribution in [1.82, 2.24) is 0 Å². The average molecular weight is 325 g/mol. The Bertz CT molecular complexity index is 715. The summed E-state index contributed by atoms with van der Waals surface area (Å²) in [6.45, 7) is 0. The fraction of sp³-hybridized carbons (Fsp3) is 0.188. The second-order valence-electron chi connectivity index (χ2n) is 4.93. The van der Waals surface area contributed by atoms with Crippen LogP contribution < -0.4 is 0 Å². The number of rotatable bonds is 2. The molecule has 0 aromatic heterocycles. The molecule has 0 fully saturated rings. The summed E-state index contributed by atoms with van der Waals surface area (Å²) in [5, 5.41) is 3.89. The summed E-state index contributed by atoms with van der Waals surface area (Å²) in [6.07, 6.45) is -5.02. The molecule has 0 N–H and O–H groups in total. The van der Waals surface area contributed by atoms with Gasteiger partial charge in [-0.25, -0.2) is 0 Å². The Morgan fingerprint density at radius 3 is 2.55 bits per heavy atom. The van der Waals surface area contributed by atoms with E-state index in [0.717, 1.165) is 0 Å². The van der Waals surface area contributed by atoms with Gasteiger partial charge in [-0.3, -0.25) is 0 Å². The van der Waals surface area contributed by atoms with Gasteiger partial charge in [0.25, 0.3) is 5.60 Å². The van der Waals surface area contributed by atoms with Crippen molar-refractivity contribution in [1.29, 1.82) is 0 Å². The molecular weight excluding hydrogens is 315 g/mol. The molecule has 2 aromatic carbocycles. The predicted octanol–water partition coefficient (Wildman–Crippen LogP) is 4.72. The fourth-order valence-electron chi connectivity index (χ4n) is 2.38. The van der Waals surface area contributed by atoms with Crippen LogP contribution in [0.15, 0.2) is 53.7 Å². The van der Waals surface area contributed by atoms with Gasteiger partial charge in [0.15, 0.2) is 0 Å². The molecule has 2 nitrogen and oxygen atoms in total. The van der Waals surface area contributed by atoms with Crippen LogP contribution in [0.25, 0.3) is 0 Å². The van der Waals surface area contributed by atoms with E-state index in [1.807, 2.05) is 0 Å². The molecular formula is C16H10ClF3NO. The fourth-order valence-corrected chi connectivity index (χ4v) is 2.57. The molecule has 1 radical (unpaired) electrons. The van der Waals surface area contributed by atoms with Crippen LogP contribution in [0.3, 0.4) is 0 Å². The van der Waals surface area contributed by atoms with Crippen molar-refractivity contribution in [2.45, 2.75) is 18.2 Å². The Balaban J connectivity index is 2.02. The molecule has 113 valence electrons. The van der Waals surface area contributed by atoms with Crippen LogP contribution in [-0.2, 0) is 10.4 Å². The molecule has 1 atom stereocenters. The number of hydrogen-bond donors (Lipinski definition) is 0. The summed E-state index contributed by atoms with van der Waals surface area (Å²) in [7, 11) is 0. The lowest BCUT2D eigenvalue weighted by Gasteiger charge is -2.29. The zero-order chi connectivity index (χ0) is 15.8. The minimum atomic E-state index is -4.62. The van der Waals surface area contributed by atoms with E-state index in [2.05, 4.69) is 11.2 Å². The molecule has 1 unspecified atom stereocenters. The van der Waals surface area contributed by atoms with Crippen LogP contribution >= 0.6 is 11.6 Å². The minimum absolute atomic E-state index is 0.0613. The van der Waals surface area contributed by atoms with Gasteiger partial charge in [0.1, 0.15) is 0 Å². The van der Waals surface area contributed by atoms with Gasteiger partial charge in [-0.2, -0.15) is 13.2 Å². The second-order valence-corrected chi connectivity index (χ2v) is 5.37. The first-order valence-corrected chi connectivity index (χ1v) is 6.84. The number of oxime groups is 1. The van der Waals surface area contributed by atoms with Crippen LogP contribution in [0.2, 0.25) is 5.02 Å². The zero-order valence-corrected chi connectivity index (χ0v) is 11.9. The highest BCUT2D eigenvalue weighted by molar-refractivity contribution is 6.30. The molecule has 6 heteroatoms. The van der Waals surface area contributed by atoms with Gasteiger partial charge in [-0.05, 0) is 23.8 Å². The predicted molar refractivity (Wildman–Crippen MR) is 76.7 cm³/mol. The van der Waals surface area contributed by atoms with Gasteiger partial charge in [0.05, 0.1) is 5.71 Å². The third-order valence-electron chi connectivity index (χ3n) is 3.53. The smallest absolute Gasteiger partial charge is 0.374 e. The second kappa shape index (κ2) is 5.32. The quantitative estimate of drug-likeness (QED) is 0.783. The lowest BCUT2D eigenvalue weighted by molar-refractivity contribution is -0.275. The maximum atomic E-state index is 13.7. The summed E-state index contributed by atoms with van der Waals surface area (Å²) in [5.41, 5.74) is -1.75. The van der Waals surface area contributed by atoms with Crippen LogP contribution in [0.5, 0.6) is 0 Å². The molecule has 0 spiro atoms. The maximum absolute atomic E-state index is 13.7.